The quantitative estimate of drug-likeness (QED) is 0.867. The van der Waals surface area contributed by atoms with Crippen molar-refractivity contribution in [2.24, 2.45) is 0 Å². The first-order valence-corrected chi connectivity index (χ1v) is 10.2. The van der Waals surface area contributed by atoms with E-state index in [0.29, 0.717) is 12.5 Å². The summed E-state index contributed by atoms with van der Waals surface area (Å²) >= 11 is 0. The Balaban J connectivity index is 1.52. The molecular formula is C23H29N3O2. The Morgan fingerprint density at radius 1 is 1.11 bits per heavy atom. The van der Waals surface area contributed by atoms with Crippen LogP contribution < -0.4 is 10.1 Å². The summed E-state index contributed by atoms with van der Waals surface area (Å²) in [5.41, 5.74) is 4.00. The number of hydrogen-bond donors (Lipinski definition) is 1. The molecule has 5 nitrogen and oxygen atoms in total. The van der Waals surface area contributed by atoms with Crippen molar-refractivity contribution in [2.45, 2.75) is 25.4 Å². The lowest BCUT2D eigenvalue weighted by Crippen LogP contribution is -2.47. The van der Waals surface area contributed by atoms with E-state index in [9.17, 15) is 4.79 Å². The number of rotatable bonds is 5. The van der Waals surface area contributed by atoms with Gasteiger partial charge in [0.15, 0.2) is 0 Å². The predicted molar refractivity (Wildman–Crippen MR) is 110 cm³/mol. The summed E-state index contributed by atoms with van der Waals surface area (Å²) < 4.78 is 5.42. The van der Waals surface area contributed by atoms with Gasteiger partial charge in [0.1, 0.15) is 5.75 Å². The molecule has 1 N–H and O–H groups in total. The maximum Gasteiger partial charge on any atom is 0.223 e. The fraction of sp³-hybridized carbons (Fsp3) is 0.435. The summed E-state index contributed by atoms with van der Waals surface area (Å²) in [5.74, 6) is 1.17. The fourth-order valence-electron chi connectivity index (χ4n) is 4.29. The van der Waals surface area contributed by atoms with Crippen molar-refractivity contribution in [3.63, 3.8) is 0 Å². The lowest BCUT2D eigenvalue weighted by molar-refractivity contribution is -0.132. The van der Waals surface area contributed by atoms with E-state index >= 15 is 0 Å². The molecule has 28 heavy (non-hydrogen) atoms. The van der Waals surface area contributed by atoms with Gasteiger partial charge in [0.2, 0.25) is 5.91 Å². The van der Waals surface area contributed by atoms with Crippen LogP contribution in [-0.2, 0) is 17.8 Å². The van der Waals surface area contributed by atoms with E-state index in [1.54, 1.807) is 7.11 Å². The molecule has 4 rings (SSSR count). The predicted octanol–water partition coefficient (Wildman–Crippen LogP) is 2.62. The number of piperazine rings is 1. The molecule has 1 amide bonds. The average molecular weight is 380 g/mol. The summed E-state index contributed by atoms with van der Waals surface area (Å²) in [4.78, 5) is 17.1. The molecule has 1 fully saturated rings. The van der Waals surface area contributed by atoms with Gasteiger partial charge in [-0.2, -0.15) is 0 Å². The van der Waals surface area contributed by atoms with E-state index in [1.165, 1.54) is 16.7 Å². The normalized spacial score (nSPS) is 19.9. The van der Waals surface area contributed by atoms with Crippen LogP contribution in [-0.4, -0.2) is 55.5 Å². The van der Waals surface area contributed by atoms with E-state index in [0.717, 1.165) is 51.4 Å². The SMILES string of the molecule is COc1ccc2c(c1)CN(CCC(=O)N1CCNCC1)C(c1ccccc1)C2. The van der Waals surface area contributed by atoms with Crippen molar-refractivity contribution in [1.82, 2.24) is 15.1 Å². The number of nitrogens with one attached hydrogen (secondary N) is 1. The maximum absolute atomic E-state index is 12.7. The third kappa shape index (κ3) is 4.21. The number of nitrogens with zero attached hydrogens (tertiary/aromatic N) is 2. The molecule has 0 bridgehead atoms. The van der Waals surface area contributed by atoms with Crippen LogP contribution in [0.15, 0.2) is 48.5 Å². The number of methoxy groups -OCH3 is 1. The highest BCUT2D eigenvalue weighted by Gasteiger charge is 2.28. The third-order valence-corrected chi connectivity index (χ3v) is 5.91. The van der Waals surface area contributed by atoms with Crippen LogP contribution in [0.5, 0.6) is 5.75 Å². The smallest absolute Gasteiger partial charge is 0.223 e. The molecule has 0 aromatic heterocycles. The van der Waals surface area contributed by atoms with Gasteiger partial charge in [-0.1, -0.05) is 36.4 Å². The molecule has 1 atom stereocenters. The first-order chi connectivity index (χ1) is 13.7. The summed E-state index contributed by atoms with van der Waals surface area (Å²) in [6.45, 7) is 5.06. The number of fused-ring (bicyclic) bond motifs is 1. The molecule has 2 heterocycles. The van der Waals surface area contributed by atoms with Gasteiger partial charge in [-0.3, -0.25) is 9.69 Å². The number of hydrogen-bond acceptors (Lipinski definition) is 4. The van der Waals surface area contributed by atoms with Crippen LogP contribution in [0, 0.1) is 0 Å². The first-order valence-electron chi connectivity index (χ1n) is 10.2. The maximum atomic E-state index is 12.7. The molecule has 0 spiro atoms. The highest BCUT2D eigenvalue weighted by molar-refractivity contribution is 5.76. The lowest BCUT2D eigenvalue weighted by atomic mass is 9.89. The number of carbonyl (C=O) groups is 1. The summed E-state index contributed by atoms with van der Waals surface area (Å²) in [6.07, 6.45) is 1.54. The molecule has 2 aromatic carbocycles. The molecule has 1 saturated heterocycles. The van der Waals surface area contributed by atoms with Gasteiger partial charge in [-0.15, -0.1) is 0 Å². The van der Waals surface area contributed by atoms with Gasteiger partial charge >= 0.3 is 0 Å². The van der Waals surface area contributed by atoms with E-state index < -0.39 is 0 Å². The van der Waals surface area contributed by atoms with Crippen molar-refractivity contribution in [1.29, 1.82) is 0 Å². The molecule has 148 valence electrons. The Labute approximate surface area is 167 Å². The standard InChI is InChI=1S/C23H29N3O2/c1-28-21-8-7-19-16-22(18-5-3-2-4-6-18)26(17-20(19)15-21)12-9-23(27)25-13-10-24-11-14-25/h2-8,15,22,24H,9-14,16-17H2,1H3. The molecule has 5 heteroatoms. The molecule has 2 aliphatic heterocycles. The monoisotopic (exact) mass is 379 g/mol. The zero-order valence-electron chi connectivity index (χ0n) is 16.6. The van der Waals surface area contributed by atoms with Gasteiger partial charge in [-0.25, -0.2) is 0 Å². The van der Waals surface area contributed by atoms with Gasteiger partial charge in [0.05, 0.1) is 7.11 Å². The van der Waals surface area contributed by atoms with Crippen molar-refractivity contribution in [2.75, 3.05) is 39.8 Å². The second-order valence-corrected chi connectivity index (χ2v) is 7.62. The highest BCUT2D eigenvalue weighted by Crippen LogP contribution is 2.34. The highest BCUT2D eigenvalue weighted by atomic mass is 16.5. The van der Waals surface area contributed by atoms with E-state index in [2.05, 4.69) is 52.7 Å². The first kappa shape index (κ1) is 19.0. The molecule has 2 aromatic rings. The van der Waals surface area contributed by atoms with Crippen molar-refractivity contribution >= 4 is 5.91 Å². The zero-order valence-corrected chi connectivity index (χ0v) is 16.6. The minimum absolute atomic E-state index is 0.268. The van der Waals surface area contributed by atoms with Crippen molar-refractivity contribution in [3.8, 4) is 5.75 Å². The van der Waals surface area contributed by atoms with Gasteiger partial charge < -0.3 is 15.0 Å². The van der Waals surface area contributed by atoms with E-state index in [-0.39, 0.29) is 5.91 Å². The number of amides is 1. The van der Waals surface area contributed by atoms with E-state index in [4.69, 9.17) is 4.74 Å². The van der Waals surface area contributed by atoms with Crippen LogP contribution in [0.1, 0.15) is 29.2 Å². The van der Waals surface area contributed by atoms with E-state index in [1.807, 2.05) is 11.0 Å². The van der Waals surface area contributed by atoms with Crippen LogP contribution in [0.25, 0.3) is 0 Å². The molecule has 2 aliphatic rings. The Morgan fingerprint density at radius 2 is 1.89 bits per heavy atom. The van der Waals surface area contributed by atoms with Crippen LogP contribution >= 0.6 is 0 Å². The minimum Gasteiger partial charge on any atom is -0.497 e. The number of ether oxygens (including phenoxy) is 1. The lowest BCUT2D eigenvalue weighted by Gasteiger charge is -2.38. The molecule has 0 saturated carbocycles. The largest absolute Gasteiger partial charge is 0.497 e. The van der Waals surface area contributed by atoms with Crippen LogP contribution in [0.3, 0.4) is 0 Å². The number of carbonyl (C=O) groups excluding carboxylic acids is 1. The third-order valence-electron chi connectivity index (χ3n) is 5.91. The van der Waals surface area contributed by atoms with Crippen molar-refractivity contribution < 1.29 is 9.53 Å². The fourth-order valence-corrected chi connectivity index (χ4v) is 4.29. The Morgan fingerprint density at radius 3 is 2.64 bits per heavy atom. The molecule has 0 aliphatic carbocycles. The minimum atomic E-state index is 0.268. The average Bonchev–Trinajstić information content (AvgIpc) is 2.77. The summed E-state index contributed by atoms with van der Waals surface area (Å²) in [6, 6.07) is 17.3. The van der Waals surface area contributed by atoms with Crippen LogP contribution in [0.4, 0.5) is 0 Å². The topological polar surface area (TPSA) is 44.8 Å². The second-order valence-electron chi connectivity index (χ2n) is 7.62. The Bertz CT molecular complexity index is 803. The molecule has 1 unspecified atom stereocenters. The van der Waals surface area contributed by atoms with Gasteiger partial charge in [0, 0.05) is 51.7 Å². The van der Waals surface area contributed by atoms with Crippen molar-refractivity contribution in [3.05, 3.63) is 65.2 Å². The Kier molecular flexibility index (Phi) is 5.93. The molecule has 0 radical (unpaired) electrons. The zero-order chi connectivity index (χ0) is 19.3. The van der Waals surface area contributed by atoms with Gasteiger partial charge in [-0.05, 0) is 35.2 Å². The van der Waals surface area contributed by atoms with Gasteiger partial charge in [0.25, 0.3) is 0 Å². The summed E-state index contributed by atoms with van der Waals surface area (Å²) in [5, 5.41) is 3.31. The second kappa shape index (κ2) is 8.76. The summed E-state index contributed by atoms with van der Waals surface area (Å²) in [7, 11) is 1.71. The number of benzene rings is 2. The van der Waals surface area contributed by atoms with Crippen LogP contribution in [0.2, 0.25) is 0 Å². The molecular weight excluding hydrogens is 350 g/mol. The Hall–Kier alpha value is -2.37.